The van der Waals surface area contributed by atoms with Gasteiger partial charge in [0, 0.05) is 26.5 Å². The molecule has 2 heterocycles. The van der Waals surface area contributed by atoms with Crippen LogP contribution in [0, 0.1) is 0 Å². The molecule has 0 saturated carbocycles. The van der Waals surface area contributed by atoms with Crippen molar-refractivity contribution in [2.24, 2.45) is 0 Å². The minimum absolute atomic E-state index is 0.0975. The normalized spacial score (nSPS) is 21.5. The number of fused-ring (bicyclic) bond motifs is 3. The average Bonchev–Trinajstić information content (AvgIpc) is 2.98. The zero-order chi connectivity index (χ0) is 18.9. The van der Waals surface area contributed by atoms with Crippen LogP contribution < -0.4 is 4.90 Å². The van der Waals surface area contributed by atoms with Gasteiger partial charge in [0.05, 0.1) is 17.9 Å². The number of ketones is 1. The van der Waals surface area contributed by atoms with Crippen LogP contribution in [0.2, 0.25) is 0 Å². The van der Waals surface area contributed by atoms with Crippen LogP contribution in [-0.4, -0.2) is 61.0 Å². The van der Waals surface area contributed by atoms with Crippen molar-refractivity contribution in [1.29, 1.82) is 0 Å². The Bertz CT molecular complexity index is 777. The monoisotopic (exact) mass is 360 g/mol. The third-order valence-corrected chi connectivity index (χ3v) is 4.63. The number of amides is 2. The molecule has 0 N–H and O–H groups in total. The minimum atomic E-state index is -1.59. The standard InChI is InChI=1S/C18H20N2O6/c1-12(21)11-26-17(24)18-8-7-15(22)20(18)14-6-4-3-5-13(14)16(23)19(18)9-10-25-2/h3-6H,7-11H2,1-2H3/t18-/m0/s1. The number of carbonyl (C=O) groups excluding carboxylic acids is 4. The Kier molecular flexibility index (Phi) is 4.78. The molecule has 0 spiro atoms. The lowest BCUT2D eigenvalue weighted by molar-refractivity contribution is -0.159. The molecule has 26 heavy (non-hydrogen) atoms. The number of para-hydroxylation sites is 1. The highest BCUT2D eigenvalue weighted by atomic mass is 16.5. The van der Waals surface area contributed by atoms with Crippen molar-refractivity contribution in [3.63, 3.8) is 0 Å². The van der Waals surface area contributed by atoms with Gasteiger partial charge in [0.2, 0.25) is 11.6 Å². The largest absolute Gasteiger partial charge is 0.455 e. The molecule has 1 aromatic rings. The molecule has 0 bridgehead atoms. The summed E-state index contributed by atoms with van der Waals surface area (Å²) in [6, 6.07) is 6.66. The highest BCUT2D eigenvalue weighted by Gasteiger charge is 2.61. The molecule has 1 saturated heterocycles. The number of ether oxygens (including phenoxy) is 2. The van der Waals surface area contributed by atoms with Gasteiger partial charge in [-0.1, -0.05) is 12.1 Å². The summed E-state index contributed by atoms with van der Waals surface area (Å²) in [7, 11) is 1.49. The van der Waals surface area contributed by atoms with E-state index in [0.717, 1.165) is 0 Å². The molecule has 1 fully saturated rings. The van der Waals surface area contributed by atoms with Crippen LogP contribution in [0.15, 0.2) is 24.3 Å². The number of hydrogen-bond donors (Lipinski definition) is 0. The Balaban J connectivity index is 2.12. The Hall–Kier alpha value is -2.74. The first-order valence-electron chi connectivity index (χ1n) is 8.33. The van der Waals surface area contributed by atoms with Crippen molar-refractivity contribution in [2.45, 2.75) is 25.4 Å². The fourth-order valence-corrected chi connectivity index (χ4v) is 3.52. The lowest BCUT2D eigenvalue weighted by atomic mass is 9.96. The molecule has 1 atom stereocenters. The second kappa shape index (κ2) is 6.87. The highest BCUT2D eigenvalue weighted by Crippen LogP contribution is 2.44. The van der Waals surface area contributed by atoms with Crippen molar-refractivity contribution < 1.29 is 28.7 Å². The van der Waals surface area contributed by atoms with E-state index in [1.165, 1.54) is 23.8 Å². The first kappa shape index (κ1) is 18.1. The summed E-state index contributed by atoms with van der Waals surface area (Å²) in [6.45, 7) is 1.20. The van der Waals surface area contributed by atoms with Crippen molar-refractivity contribution in [2.75, 3.05) is 31.8 Å². The summed E-state index contributed by atoms with van der Waals surface area (Å²) in [4.78, 5) is 52.6. The van der Waals surface area contributed by atoms with Gasteiger partial charge in [0.25, 0.3) is 5.91 Å². The number of anilines is 1. The van der Waals surface area contributed by atoms with E-state index in [-0.39, 0.29) is 43.6 Å². The Morgan fingerprint density at radius 2 is 1.96 bits per heavy atom. The molecule has 0 aromatic heterocycles. The van der Waals surface area contributed by atoms with E-state index in [9.17, 15) is 19.2 Å². The highest BCUT2D eigenvalue weighted by molar-refractivity contribution is 6.15. The first-order chi connectivity index (χ1) is 12.4. The van der Waals surface area contributed by atoms with E-state index in [1.807, 2.05) is 0 Å². The Morgan fingerprint density at radius 1 is 1.23 bits per heavy atom. The SMILES string of the molecule is COCCN1C(=O)c2ccccc2N2C(=O)CC[C@]12C(=O)OCC(C)=O. The molecule has 138 valence electrons. The number of nitrogens with zero attached hydrogens (tertiary/aromatic N) is 2. The van der Waals surface area contributed by atoms with Gasteiger partial charge in [-0.05, 0) is 19.1 Å². The molecule has 0 radical (unpaired) electrons. The number of carbonyl (C=O) groups is 4. The number of rotatable bonds is 6. The number of hydrogen-bond acceptors (Lipinski definition) is 6. The second-order valence-electron chi connectivity index (χ2n) is 6.29. The van der Waals surface area contributed by atoms with Crippen LogP contribution in [0.25, 0.3) is 0 Å². The lowest BCUT2D eigenvalue weighted by Crippen LogP contribution is -2.69. The number of methoxy groups -OCH3 is 1. The molecular formula is C18H20N2O6. The van der Waals surface area contributed by atoms with Gasteiger partial charge in [0.1, 0.15) is 6.61 Å². The fourth-order valence-electron chi connectivity index (χ4n) is 3.52. The zero-order valence-corrected chi connectivity index (χ0v) is 14.7. The third kappa shape index (κ3) is 2.66. The maximum Gasteiger partial charge on any atom is 0.354 e. The van der Waals surface area contributed by atoms with Gasteiger partial charge in [-0.25, -0.2) is 4.79 Å². The summed E-state index contributed by atoms with van der Waals surface area (Å²) in [5.41, 5.74) is -0.862. The molecule has 8 nitrogen and oxygen atoms in total. The molecule has 0 aliphatic carbocycles. The summed E-state index contributed by atoms with van der Waals surface area (Å²) in [6.07, 6.45) is 0.201. The van der Waals surface area contributed by atoms with Crippen LogP contribution in [0.3, 0.4) is 0 Å². The first-order valence-corrected chi connectivity index (χ1v) is 8.33. The van der Waals surface area contributed by atoms with E-state index in [0.29, 0.717) is 11.3 Å². The lowest BCUT2D eigenvalue weighted by Gasteiger charge is -2.48. The van der Waals surface area contributed by atoms with Crippen LogP contribution in [-0.2, 0) is 23.9 Å². The predicted octanol–water partition coefficient (Wildman–Crippen LogP) is 0.744. The van der Waals surface area contributed by atoms with E-state index in [4.69, 9.17) is 9.47 Å². The molecule has 3 rings (SSSR count). The summed E-state index contributed by atoms with van der Waals surface area (Å²) in [5.74, 6) is -1.75. The van der Waals surface area contributed by atoms with E-state index >= 15 is 0 Å². The topological polar surface area (TPSA) is 93.2 Å². The zero-order valence-electron chi connectivity index (χ0n) is 14.7. The maximum atomic E-state index is 13.1. The Labute approximate surface area is 150 Å². The number of benzene rings is 1. The summed E-state index contributed by atoms with van der Waals surface area (Å²) >= 11 is 0. The van der Waals surface area contributed by atoms with E-state index in [2.05, 4.69) is 0 Å². The molecular weight excluding hydrogens is 340 g/mol. The quantitative estimate of drug-likeness (QED) is 0.695. The molecule has 2 aliphatic heterocycles. The number of Topliss-reactive ketones (excluding diaryl/α,β-unsaturated/α-hetero) is 1. The van der Waals surface area contributed by atoms with E-state index in [1.54, 1.807) is 24.3 Å². The Morgan fingerprint density at radius 3 is 2.65 bits per heavy atom. The van der Waals surface area contributed by atoms with Gasteiger partial charge >= 0.3 is 5.97 Å². The van der Waals surface area contributed by atoms with Gasteiger partial charge in [0.15, 0.2) is 5.78 Å². The van der Waals surface area contributed by atoms with Crippen LogP contribution >= 0.6 is 0 Å². The van der Waals surface area contributed by atoms with Crippen molar-refractivity contribution in [3.8, 4) is 0 Å². The van der Waals surface area contributed by atoms with Crippen LogP contribution in [0.5, 0.6) is 0 Å². The average molecular weight is 360 g/mol. The van der Waals surface area contributed by atoms with Crippen molar-refractivity contribution in [3.05, 3.63) is 29.8 Å². The molecule has 1 aromatic carbocycles. The van der Waals surface area contributed by atoms with Gasteiger partial charge in [-0.15, -0.1) is 0 Å². The third-order valence-electron chi connectivity index (χ3n) is 4.63. The van der Waals surface area contributed by atoms with Crippen molar-refractivity contribution >= 4 is 29.3 Å². The second-order valence-corrected chi connectivity index (χ2v) is 6.29. The van der Waals surface area contributed by atoms with Gasteiger partial charge in [-0.2, -0.15) is 0 Å². The fraction of sp³-hybridized carbons (Fsp3) is 0.444. The molecule has 8 heteroatoms. The molecule has 0 unspecified atom stereocenters. The smallest absolute Gasteiger partial charge is 0.354 e. The van der Waals surface area contributed by atoms with Crippen LogP contribution in [0.4, 0.5) is 5.69 Å². The van der Waals surface area contributed by atoms with Gasteiger partial charge in [-0.3, -0.25) is 19.3 Å². The van der Waals surface area contributed by atoms with Gasteiger partial charge < -0.3 is 14.4 Å². The number of esters is 1. The summed E-state index contributed by atoms with van der Waals surface area (Å²) < 4.78 is 10.2. The minimum Gasteiger partial charge on any atom is -0.455 e. The van der Waals surface area contributed by atoms with Crippen LogP contribution in [0.1, 0.15) is 30.1 Å². The predicted molar refractivity (Wildman–Crippen MR) is 90.4 cm³/mol. The molecule has 2 aliphatic rings. The van der Waals surface area contributed by atoms with Crippen molar-refractivity contribution in [1.82, 2.24) is 4.90 Å². The summed E-state index contributed by atoms with van der Waals surface area (Å²) in [5, 5.41) is 0. The van der Waals surface area contributed by atoms with E-state index < -0.39 is 18.2 Å². The maximum absolute atomic E-state index is 13.1. The molecule has 2 amide bonds.